The van der Waals surface area contributed by atoms with E-state index >= 15 is 4.39 Å². The molecule has 4 rings (SSSR count). The Kier molecular flexibility index (Phi) is 9.12. The predicted molar refractivity (Wildman–Crippen MR) is 145 cm³/mol. The van der Waals surface area contributed by atoms with E-state index in [-0.39, 0.29) is 0 Å². The highest BCUT2D eigenvalue weighted by atomic mass is 19.2. The van der Waals surface area contributed by atoms with E-state index in [2.05, 4.69) is 62.4 Å². The van der Waals surface area contributed by atoms with Crippen LogP contribution in [0.5, 0.6) is 0 Å². The molecule has 0 aromatic heterocycles. The third-order valence-electron chi connectivity index (χ3n) is 7.88. The molecule has 2 unspecified atom stereocenters. The second kappa shape index (κ2) is 12.5. The minimum absolute atomic E-state index is 0.443. The van der Waals surface area contributed by atoms with Gasteiger partial charge in [-0.3, -0.25) is 0 Å². The van der Waals surface area contributed by atoms with Gasteiger partial charge in [0.1, 0.15) is 0 Å². The predicted octanol–water partition coefficient (Wildman–Crippen LogP) is 9.89. The third-order valence-corrected chi connectivity index (χ3v) is 7.88. The summed E-state index contributed by atoms with van der Waals surface area (Å²) in [6.07, 6.45) is 19.9. The van der Waals surface area contributed by atoms with Crippen LogP contribution in [0.15, 0.2) is 66.3 Å². The fraction of sp³-hybridized carbons (Fsp3) is 0.455. The molecule has 0 fully saturated rings. The zero-order chi connectivity index (χ0) is 24.6. The standard InChI is InChI=1S/C33H40F2/c1-3-7-25-10-12-26(13-11-25)8-5-6-9-30-22-23-31(33(35)32(30)34)29-20-18-28(19-21-29)27-16-14-24(4-2)15-17-27/h5,8,10,14-17,20,22-23,26,28H,3-4,6-7,9,11-13,18-19,21H2,1-2H3/b8-5+. The van der Waals surface area contributed by atoms with Gasteiger partial charge in [-0.05, 0) is 98.3 Å². The fourth-order valence-electron chi connectivity index (χ4n) is 5.60. The molecule has 0 saturated carbocycles. The van der Waals surface area contributed by atoms with Crippen LogP contribution < -0.4 is 0 Å². The van der Waals surface area contributed by atoms with Crippen LogP contribution in [0.25, 0.3) is 5.57 Å². The summed E-state index contributed by atoms with van der Waals surface area (Å²) in [7, 11) is 0. The first kappa shape index (κ1) is 25.6. The Hall–Kier alpha value is -2.48. The SMILES string of the molecule is CCCC1=CCC(/C=C/CCc2ccc(C3=CCC(c4ccc(CC)cc4)CC3)c(F)c2F)CC1. The van der Waals surface area contributed by atoms with E-state index in [4.69, 9.17) is 0 Å². The minimum atomic E-state index is -0.677. The normalized spacial score (nSPS) is 20.7. The van der Waals surface area contributed by atoms with Crippen LogP contribution >= 0.6 is 0 Å². The summed E-state index contributed by atoms with van der Waals surface area (Å²) in [5.41, 5.74) is 6.17. The van der Waals surface area contributed by atoms with Gasteiger partial charge in [-0.1, -0.05) is 86.5 Å². The molecule has 0 bridgehead atoms. The molecule has 0 nitrogen and oxygen atoms in total. The number of benzene rings is 2. The first-order chi connectivity index (χ1) is 17.1. The van der Waals surface area contributed by atoms with Gasteiger partial charge in [0.05, 0.1) is 0 Å². The second-order valence-electron chi connectivity index (χ2n) is 10.3. The Morgan fingerprint density at radius 3 is 2.34 bits per heavy atom. The van der Waals surface area contributed by atoms with Gasteiger partial charge in [-0.2, -0.15) is 0 Å². The molecule has 0 radical (unpaired) electrons. The Morgan fingerprint density at radius 2 is 1.69 bits per heavy atom. The Balaban J connectivity index is 1.32. The number of halogens is 2. The first-order valence-electron chi connectivity index (χ1n) is 13.7. The van der Waals surface area contributed by atoms with Crippen molar-refractivity contribution in [2.45, 2.75) is 90.4 Å². The molecule has 0 aliphatic heterocycles. The molecule has 2 aromatic rings. The maximum absolute atomic E-state index is 15.0. The highest BCUT2D eigenvalue weighted by Gasteiger charge is 2.21. The van der Waals surface area contributed by atoms with E-state index < -0.39 is 11.6 Å². The van der Waals surface area contributed by atoms with Gasteiger partial charge in [0.25, 0.3) is 0 Å². The van der Waals surface area contributed by atoms with Gasteiger partial charge in [0.15, 0.2) is 11.6 Å². The van der Waals surface area contributed by atoms with Crippen LogP contribution in [0.2, 0.25) is 0 Å². The lowest BCUT2D eigenvalue weighted by Crippen LogP contribution is -2.06. The summed E-state index contributed by atoms with van der Waals surface area (Å²) in [5.74, 6) is -0.295. The number of allylic oxidation sites excluding steroid dienone is 6. The van der Waals surface area contributed by atoms with Crippen molar-refractivity contribution in [1.82, 2.24) is 0 Å². The van der Waals surface area contributed by atoms with Crippen molar-refractivity contribution >= 4 is 5.57 Å². The van der Waals surface area contributed by atoms with E-state index in [1.165, 1.54) is 36.8 Å². The number of hydrogen-bond acceptors (Lipinski definition) is 0. The van der Waals surface area contributed by atoms with Crippen LogP contribution in [0.3, 0.4) is 0 Å². The lowest BCUT2D eigenvalue weighted by atomic mass is 9.82. The molecular formula is C33H40F2. The van der Waals surface area contributed by atoms with Gasteiger partial charge in [0, 0.05) is 5.56 Å². The zero-order valence-corrected chi connectivity index (χ0v) is 21.5. The summed E-state index contributed by atoms with van der Waals surface area (Å²) in [4.78, 5) is 0. The average Bonchev–Trinajstić information content (AvgIpc) is 2.90. The smallest absolute Gasteiger partial charge is 0.166 e. The van der Waals surface area contributed by atoms with Crippen molar-refractivity contribution in [3.05, 3.63) is 100 Å². The molecule has 35 heavy (non-hydrogen) atoms. The summed E-state index contributed by atoms with van der Waals surface area (Å²) in [6.45, 7) is 4.40. The van der Waals surface area contributed by atoms with E-state index in [1.54, 1.807) is 17.7 Å². The van der Waals surface area contributed by atoms with Gasteiger partial charge in [-0.15, -0.1) is 0 Å². The largest absolute Gasteiger partial charge is 0.203 e. The van der Waals surface area contributed by atoms with Gasteiger partial charge in [0.2, 0.25) is 0 Å². The van der Waals surface area contributed by atoms with Crippen molar-refractivity contribution < 1.29 is 8.78 Å². The molecule has 2 aromatic carbocycles. The summed E-state index contributed by atoms with van der Waals surface area (Å²) in [6, 6.07) is 12.4. The minimum Gasteiger partial charge on any atom is -0.203 e. The van der Waals surface area contributed by atoms with E-state index in [1.807, 2.05) is 0 Å². The van der Waals surface area contributed by atoms with E-state index in [0.29, 0.717) is 29.4 Å². The van der Waals surface area contributed by atoms with Crippen LogP contribution in [0, 0.1) is 17.6 Å². The molecule has 0 saturated heterocycles. The highest BCUT2D eigenvalue weighted by molar-refractivity contribution is 5.67. The van der Waals surface area contributed by atoms with Crippen molar-refractivity contribution in [1.29, 1.82) is 0 Å². The fourth-order valence-corrected chi connectivity index (χ4v) is 5.60. The molecule has 0 N–H and O–H groups in total. The monoisotopic (exact) mass is 474 g/mol. The molecule has 0 heterocycles. The summed E-state index contributed by atoms with van der Waals surface area (Å²) >= 11 is 0. The van der Waals surface area contributed by atoms with E-state index in [0.717, 1.165) is 44.1 Å². The van der Waals surface area contributed by atoms with Crippen LogP contribution in [0.4, 0.5) is 8.78 Å². The van der Waals surface area contributed by atoms with Crippen LogP contribution in [-0.4, -0.2) is 0 Å². The summed E-state index contributed by atoms with van der Waals surface area (Å²) < 4.78 is 29.9. The maximum atomic E-state index is 15.0. The lowest BCUT2D eigenvalue weighted by molar-refractivity contribution is 0.495. The van der Waals surface area contributed by atoms with Crippen molar-refractivity contribution in [2.75, 3.05) is 0 Å². The van der Waals surface area contributed by atoms with Crippen LogP contribution in [-0.2, 0) is 12.8 Å². The maximum Gasteiger partial charge on any atom is 0.166 e. The average molecular weight is 475 g/mol. The van der Waals surface area contributed by atoms with Crippen molar-refractivity contribution in [3.63, 3.8) is 0 Å². The molecule has 2 aliphatic carbocycles. The summed E-state index contributed by atoms with van der Waals surface area (Å²) in [5, 5.41) is 0. The molecule has 2 atom stereocenters. The van der Waals surface area contributed by atoms with Crippen LogP contribution in [0.1, 0.15) is 99.8 Å². The Morgan fingerprint density at radius 1 is 0.857 bits per heavy atom. The quantitative estimate of drug-likeness (QED) is 0.317. The highest BCUT2D eigenvalue weighted by Crippen LogP contribution is 2.37. The van der Waals surface area contributed by atoms with Gasteiger partial charge >= 0.3 is 0 Å². The molecule has 186 valence electrons. The van der Waals surface area contributed by atoms with Gasteiger partial charge < -0.3 is 0 Å². The topological polar surface area (TPSA) is 0 Å². The Bertz CT molecular complexity index is 1070. The van der Waals surface area contributed by atoms with Gasteiger partial charge in [-0.25, -0.2) is 8.78 Å². The number of aryl methyl sites for hydroxylation is 2. The molecule has 2 heteroatoms. The number of rotatable bonds is 9. The molecular weight excluding hydrogens is 434 g/mol. The number of hydrogen-bond donors (Lipinski definition) is 0. The first-order valence-corrected chi connectivity index (χ1v) is 13.7. The molecule has 2 aliphatic rings. The van der Waals surface area contributed by atoms with E-state index in [9.17, 15) is 4.39 Å². The van der Waals surface area contributed by atoms with Crippen molar-refractivity contribution in [3.8, 4) is 0 Å². The third kappa shape index (κ3) is 6.60. The zero-order valence-electron chi connectivity index (χ0n) is 21.5. The Labute approximate surface area is 210 Å². The molecule has 0 amide bonds. The second-order valence-corrected chi connectivity index (χ2v) is 10.3. The molecule has 0 spiro atoms. The van der Waals surface area contributed by atoms with Crippen molar-refractivity contribution in [2.24, 2.45) is 5.92 Å². The lowest BCUT2D eigenvalue weighted by Gasteiger charge is -2.23.